The van der Waals surface area contributed by atoms with Gasteiger partial charge < -0.3 is 24.4 Å². The average Bonchev–Trinajstić information content (AvgIpc) is 3.28. The van der Waals surface area contributed by atoms with E-state index in [9.17, 15) is 4.79 Å². The highest BCUT2D eigenvalue weighted by Gasteiger charge is 2.44. The molecule has 4 rings (SSSR count). The number of H-pyrrole nitrogens is 1. The molecule has 1 aromatic carbocycles. The molecule has 194 valence electrons. The Kier molecular flexibility index (Phi) is 7.63. The van der Waals surface area contributed by atoms with Gasteiger partial charge in [0.25, 0.3) is 0 Å². The van der Waals surface area contributed by atoms with Gasteiger partial charge in [-0.15, -0.1) is 0 Å². The molecular weight excluding hydrogens is 494 g/mol. The van der Waals surface area contributed by atoms with E-state index in [1.54, 1.807) is 11.1 Å². The highest BCUT2D eigenvalue weighted by molar-refractivity contribution is 6.74. The standard InChI is InChI=1S/C26H36ClN5O3Si/c1-17-21(35-36(5,6)26(2,3)4)14-19(29-23-20-12-13-28-22(20)30-24(27)31-23)15-32(17)25(33)34-16-18-10-8-7-9-11-18/h7-13,17,19,21H,14-16H2,1-6H3,(H2,28,29,30,31)/t17-,19+,21?/m0/s1. The van der Waals surface area contributed by atoms with Gasteiger partial charge in [-0.3, -0.25) is 0 Å². The number of aromatic amines is 1. The second kappa shape index (κ2) is 10.4. The van der Waals surface area contributed by atoms with Crippen LogP contribution in [0.15, 0.2) is 42.6 Å². The largest absolute Gasteiger partial charge is 0.445 e. The second-order valence-corrected chi connectivity index (χ2v) is 16.1. The lowest BCUT2D eigenvalue weighted by Gasteiger charge is -2.47. The van der Waals surface area contributed by atoms with Crippen LogP contribution in [0.3, 0.4) is 0 Å². The fourth-order valence-electron chi connectivity index (χ4n) is 4.22. The molecule has 1 unspecified atom stereocenters. The summed E-state index contributed by atoms with van der Waals surface area (Å²) >= 11 is 6.18. The van der Waals surface area contributed by atoms with Crippen molar-refractivity contribution in [3.8, 4) is 0 Å². The molecular formula is C26H36ClN5O3Si. The van der Waals surface area contributed by atoms with Crippen molar-refractivity contribution in [1.29, 1.82) is 0 Å². The minimum Gasteiger partial charge on any atom is -0.445 e. The second-order valence-electron chi connectivity index (χ2n) is 11.0. The molecule has 1 fully saturated rings. The van der Waals surface area contributed by atoms with Gasteiger partial charge in [0.1, 0.15) is 18.1 Å². The van der Waals surface area contributed by atoms with Gasteiger partial charge in [0, 0.05) is 18.8 Å². The zero-order valence-corrected chi connectivity index (χ0v) is 23.6. The van der Waals surface area contributed by atoms with E-state index in [0.717, 1.165) is 17.4 Å². The molecule has 1 amide bonds. The molecule has 0 saturated carbocycles. The maximum atomic E-state index is 13.3. The highest BCUT2D eigenvalue weighted by atomic mass is 35.5. The molecule has 3 heterocycles. The summed E-state index contributed by atoms with van der Waals surface area (Å²) in [6, 6.07) is 11.4. The van der Waals surface area contributed by atoms with E-state index in [1.807, 2.05) is 43.3 Å². The van der Waals surface area contributed by atoms with Crippen LogP contribution in [0, 0.1) is 0 Å². The summed E-state index contributed by atoms with van der Waals surface area (Å²) < 4.78 is 12.6. The molecule has 2 aromatic heterocycles. The number of carbonyl (C=O) groups is 1. The SMILES string of the molecule is C[C@H]1C(O[Si](C)(C)C(C)(C)C)C[C@@H](Nc2nc(Cl)nc3[nH]ccc23)CN1C(=O)OCc1ccccc1. The number of nitrogens with zero attached hydrogens (tertiary/aromatic N) is 3. The van der Waals surface area contributed by atoms with E-state index in [4.69, 9.17) is 20.8 Å². The third-order valence-corrected chi connectivity index (χ3v) is 12.1. The zero-order valence-electron chi connectivity index (χ0n) is 21.8. The van der Waals surface area contributed by atoms with Crippen molar-refractivity contribution >= 4 is 42.9 Å². The first-order valence-corrected chi connectivity index (χ1v) is 15.7. The van der Waals surface area contributed by atoms with Crippen LogP contribution in [0.25, 0.3) is 11.0 Å². The first kappa shape index (κ1) is 26.4. The molecule has 3 atom stereocenters. The Balaban J connectivity index is 1.57. The predicted octanol–water partition coefficient (Wildman–Crippen LogP) is 6.21. The number of aromatic nitrogens is 3. The fourth-order valence-corrected chi connectivity index (χ4v) is 5.80. The van der Waals surface area contributed by atoms with Gasteiger partial charge in [-0.1, -0.05) is 51.1 Å². The minimum atomic E-state index is -2.09. The number of rotatable bonds is 6. The lowest BCUT2D eigenvalue weighted by molar-refractivity contribution is 0.0117. The molecule has 0 bridgehead atoms. The summed E-state index contributed by atoms with van der Waals surface area (Å²) in [5, 5.41) is 4.56. The number of anilines is 1. The summed E-state index contributed by atoms with van der Waals surface area (Å²) in [4.78, 5) is 26.8. The molecule has 0 spiro atoms. The number of halogens is 1. The average molecular weight is 530 g/mol. The Morgan fingerprint density at radius 3 is 2.64 bits per heavy atom. The highest BCUT2D eigenvalue weighted by Crippen LogP contribution is 2.39. The molecule has 8 nitrogen and oxygen atoms in total. The van der Waals surface area contributed by atoms with E-state index >= 15 is 0 Å². The van der Waals surface area contributed by atoms with E-state index < -0.39 is 8.32 Å². The number of benzene rings is 1. The van der Waals surface area contributed by atoms with Gasteiger partial charge in [-0.25, -0.2) is 9.78 Å². The van der Waals surface area contributed by atoms with Crippen molar-refractivity contribution < 1.29 is 14.0 Å². The van der Waals surface area contributed by atoms with Crippen molar-refractivity contribution in [2.24, 2.45) is 0 Å². The van der Waals surface area contributed by atoms with Crippen molar-refractivity contribution in [2.45, 2.75) is 77.0 Å². The van der Waals surface area contributed by atoms with E-state index in [0.29, 0.717) is 18.0 Å². The monoisotopic (exact) mass is 529 g/mol. The lowest BCUT2D eigenvalue weighted by Crippen LogP contribution is -2.59. The molecule has 36 heavy (non-hydrogen) atoms. The smallest absolute Gasteiger partial charge is 0.410 e. The van der Waals surface area contributed by atoms with Crippen molar-refractivity contribution in [3.05, 3.63) is 53.4 Å². The first-order chi connectivity index (χ1) is 16.9. The summed E-state index contributed by atoms with van der Waals surface area (Å²) in [7, 11) is -2.09. The normalized spacial score (nSPS) is 21.0. The minimum absolute atomic E-state index is 0.0448. The van der Waals surface area contributed by atoms with Gasteiger partial charge in [0.2, 0.25) is 5.28 Å². The zero-order chi connectivity index (χ0) is 26.1. The Morgan fingerprint density at radius 1 is 1.22 bits per heavy atom. The van der Waals surface area contributed by atoms with Crippen LogP contribution in [0.5, 0.6) is 0 Å². The number of hydrogen-bond acceptors (Lipinski definition) is 6. The molecule has 1 saturated heterocycles. The van der Waals surface area contributed by atoms with Crippen LogP contribution in [0.1, 0.15) is 39.7 Å². The summed E-state index contributed by atoms with van der Waals surface area (Å²) in [6.07, 6.45) is 2.03. The molecule has 0 radical (unpaired) electrons. The summed E-state index contributed by atoms with van der Waals surface area (Å²) in [5.74, 6) is 0.634. The van der Waals surface area contributed by atoms with Gasteiger partial charge in [0.15, 0.2) is 8.32 Å². The maximum Gasteiger partial charge on any atom is 0.410 e. The molecule has 3 aromatic rings. The first-order valence-electron chi connectivity index (χ1n) is 12.4. The third kappa shape index (κ3) is 5.85. The maximum absolute atomic E-state index is 13.3. The lowest BCUT2D eigenvalue weighted by atomic mass is 9.96. The number of hydrogen-bond donors (Lipinski definition) is 2. The number of likely N-dealkylation sites (tertiary alicyclic amines) is 1. The Morgan fingerprint density at radius 2 is 1.94 bits per heavy atom. The van der Waals surface area contributed by atoms with Crippen molar-refractivity contribution in [1.82, 2.24) is 19.9 Å². The van der Waals surface area contributed by atoms with Gasteiger partial charge in [-0.2, -0.15) is 4.98 Å². The number of nitrogens with one attached hydrogen (secondary N) is 2. The van der Waals surface area contributed by atoms with E-state index in [2.05, 4.69) is 54.1 Å². The predicted molar refractivity (Wildman–Crippen MR) is 146 cm³/mol. The number of carbonyl (C=O) groups excluding carboxylic acids is 1. The van der Waals surface area contributed by atoms with E-state index in [-0.39, 0.29) is 41.2 Å². The number of piperidine rings is 1. The molecule has 10 heteroatoms. The molecule has 0 aliphatic carbocycles. The summed E-state index contributed by atoms with van der Waals surface area (Å²) in [5.41, 5.74) is 1.61. The van der Waals surface area contributed by atoms with Crippen LogP contribution in [0.4, 0.5) is 10.6 Å². The van der Waals surface area contributed by atoms with Crippen LogP contribution in [-0.4, -0.2) is 59.0 Å². The van der Waals surface area contributed by atoms with Crippen LogP contribution in [-0.2, 0) is 15.8 Å². The number of ether oxygens (including phenoxy) is 1. The summed E-state index contributed by atoms with van der Waals surface area (Å²) in [6.45, 7) is 13.9. The quantitative estimate of drug-likeness (QED) is 0.291. The molecule has 1 aliphatic heterocycles. The Bertz CT molecular complexity index is 1200. The van der Waals surface area contributed by atoms with Crippen LogP contribution in [0.2, 0.25) is 23.4 Å². The van der Waals surface area contributed by atoms with Gasteiger partial charge in [-0.05, 0) is 54.7 Å². The van der Waals surface area contributed by atoms with Crippen LogP contribution >= 0.6 is 11.6 Å². The van der Waals surface area contributed by atoms with Crippen LogP contribution < -0.4 is 5.32 Å². The fraction of sp³-hybridized carbons (Fsp3) is 0.500. The van der Waals surface area contributed by atoms with E-state index in [1.165, 1.54) is 0 Å². The molecule has 2 N–H and O–H groups in total. The van der Waals surface area contributed by atoms with Crippen molar-refractivity contribution in [3.63, 3.8) is 0 Å². The topological polar surface area (TPSA) is 92.4 Å². The Labute approximate surface area is 218 Å². The molecule has 1 aliphatic rings. The number of amides is 1. The third-order valence-electron chi connectivity index (χ3n) is 7.38. The number of fused-ring (bicyclic) bond motifs is 1. The van der Waals surface area contributed by atoms with Crippen molar-refractivity contribution in [2.75, 3.05) is 11.9 Å². The van der Waals surface area contributed by atoms with Gasteiger partial charge >= 0.3 is 6.09 Å². The Hall–Kier alpha value is -2.62. The van der Waals surface area contributed by atoms with Gasteiger partial charge in [0.05, 0.1) is 17.5 Å².